The van der Waals surface area contributed by atoms with Gasteiger partial charge in [0.1, 0.15) is 11.5 Å². The highest BCUT2D eigenvalue weighted by molar-refractivity contribution is 9.10. The van der Waals surface area contributed by atoms with Crippen LogP contribution in [0.1, 0.15) is 20.7 Å². The van der Waals surface area contributed by atoms with Crippen LogP contribution in [-0.2, 0) is 0 Å². The molecular formula is C27H27BrN4O4S. The molecule has 2 N–H and O–H groups in total. The summed E-state index contributed by atoms with van der Waals surface area (Å²) in [5.74, 6) is 0.842. The first-order valence-corrected chi connectivity index (χ1v) is 12.8. The molecule has 0 atom stereocenters. The molecule has 0 saturated carbocycles. The summed E-state index contributed by atoms with van der Waals surface area (Å²) in [4.78, 5) is 29.5. The number of thiocarbonyl (C=S) groups is 1. The second kappa shape index (κ2) is 12.1. The van der Waals surface area contributed by atoms with Crippen LogP contribution < -0.4 is 25.0 Å². The van der Waals surface area contributed by atoms with Gasteiger partial charge in [0, 0.05) is 59.2 Å². The number of methoxy groups -OCH3 is 2. The van der Waals surface area contributed by atoms with E-state index < -0.39 is 0 Å². The molecule has 10 heteroatoms. The Morgan fingerprint density at radius 3 is 2.11 bits per heavy atom. The average Bonchev–Trinajstić information content (AvgIpc) is 2.92. The van der Waals surface area contributed by atoms with E-state index in [0.29, 0.717) is 48.8 Å². The van der Waals surface area contributed by atoms with Crippen molar-refractivity contribution in [1.29, 1.82) is 0 Å². The molecule has 4 rings (SSSR count). The van der Waals surface area contributed by atoms with Crippen molar-refractivity contribution in [3.63, 3.8) is 0 Å². The number of nitrogens with one attached hydrogen (secondary N) is 2. The molecule has 0 bridgehead atoms. The van der Waals surface area contributed by atoms with E-state index >= 15 is 0 Å². The lowest BCUT2D eigenvalue weighted by molar-refractivity contribution is 0.0745. The number of nitrogens with zero attached hydrogens (tertiary/aromatic N) is 2. The highest BCUT2D eigenvalue weighted by Crippen LogP contribution is 2.25. The number of halogens is 1. The van der Waals surface area contributed by atoms with Crippen molar-refractivity contribution in [2.24, 2.45) is 0 Å². The van der Waals surface area contributed by atoms with E-state index in [-0.39, 0.29) is 16.9 Å². The standard InChI is InChI=1S/C27H27BrN4O4S/c1-35-23-15-19(16-24(17-23)36-2)26(34)32-12-10-31(11-13-32)22-8-6-21(7-9-22)29-27(37)30-25(33)18-4-3-5-20(28)14-18/h3-9,14-17H,10-13H2,1-2H3,(H2,29,30,33,37). The molecule has 0 aliphatic carbocycles. The fraction of sp³-hybridized carbons (Fsp3) is 0.222. The van der Waals surface area contributed by atoms with Crippen molar-refractivity contribution < 1.29 is 19.1 Å². The average molecular weight is 584 g/mol. The van der Waals surface area contributed by atoms with E-state index in [0.717, 1.165) is 15.8 Å². The molecular weight excluding hydrogens is 556 g/mol. The molecule has 37 heavy (non-hydrogen) atoms. The fourth-order valence-corrected chi connectivity index (χ4v) is 4.61. The molecule has 3 aromatic rings. The van der Waals surface area contributed by atoms with Gasteiger partial charge in [-0.1, -0.05) is 22.0 Å². The van der Waals surface area contributed by atoms with Crippen molar-refractivity contribution in [1.82, 2.24) is 10.2 Å². The first kappa shape index (κ1) is 26.4. The van der Waals surface area contributed by atoms with E-state index in [9.17, 15) is 9.59 Å². The second-order valence-electron chi connectivity index (χ2n) is 8.35. The van der Waals surface area contributed by atoms with Crippen LogP contribution in [0, 0.1) is 0 Å². The maximum Gasteiger partial charge on any atom is 0.257 e. The van der Waals surface area contributed by atoms with Crippen LogP contribution in [0.2, 0.25) is 0 Å². The molecule has 1 aliphatic heterocycles. The quantitative estimate of drug-likeness (QED) is 0.412. The number of carbonyl (C=O) groups excluding carboxylic acids is 2. The zero-order valence-corrected chi connectivity index (χ0v) is 22.9. The van der Waals surface area contributed by atoms with Gasteiger partial charge in [0.25, 0.3) is 11.8 Å². The maximum atomic E-state index is 13.1. The number of rotatable bonds is 6. The number of ether oxygens (including phenoxy) is 2. The van der Waals surface area contributed by atoms with Crippen molar-refractivity contribution in [2.75, 3.05) is 50.6 Å². The van der Waals surface area contributed by atoms with Crippen molar-refractivity contribution >= 4 is 56.4 Å². The Morgan fingerprint density at radius 2 is 1.51 bits per heavy atom. The van der Waals surface area contributed by atoms with Gasteiger partial charge in [-0.2, -0.15) is 0 Å². The third-order valence-electron chi connectivity index (χ3n) is 5.97. The topological polar surface area (TPSA) is 83.1 Å². The molecule has 1 fully saturated rings. The van der Waals surface area contributed by atoms with Gasteiger partial charge in [0.05, 0.1) is 14.2 Å². The minimum atomic E-state index is -0.282. The molecule has 192 valence electrons. The number of anilines is 2. The lowest BCUT2D eigenvalue weighted by Gasteiger charge is -2.36. The Morgan fingerprint density at radius 1 is 0.865 bits per heavy atom. The first-order chi connectivity index (χ1) is 17.9. The fourth-order valence-electron chi connectivity index (χ4n) is 4.00. The molecule has 8 nitrogen and oxygen atoms in total. The summed E-state index contributed by atoms with van der Waals surface area (Å²) in [6.45, 7) is 2.62. The largest absolute Gasteiger partial charge is 0.497 e. The van der Waals surface area contributed by atoms with Gasteiger partial charge in [-0.15, -0.1) is 0 Å². The predicted molar refractivity (Wildman–Crippen MR) is 152 cm³/mol. The van der Waals surface area contributed by atoms with Crippen LogP contribution in [0.3, 0.4) is 0 Å². The third-order valence-corrected chi connectivity index (χ3v) is 6.67. The molecule has 1 heterocycles. The monoisotopic (exact) mass is 582 g/mol. The van der Waals surface area contributed by atoms with E-state index in [1.165, 1.54) is 0 Å². The van der Waals surface area contributed by atoms with Gasteiger partial charge in [0.2, 0.25) is 0 Å². The lowest BCUT2D eigenvalue weighted by Crippen LogP contribution is -2.48. The zero-order chi connectivity index (χ0) is 26.4. The third kappa shape index (κ3) is 6.78. The van der Waals surface area contributed by atoms with Gasteiger partial charge in [-0.25, -0.2) is 0 Å². The minimum absolute atomic E-state index is 0.0465. The zero-order valence-electron chi connectivity index (χ0n) is 20.5. The van der Waals surface area contributed by atoms with Gasteiger partial charge in [-0.05, 0) is 66.8 Å². The summed E-state index contributed by atoms with van der Waals surface area (Å²) in [7, 11) is 3.13. The van der Waals surface area contributed by atoms with Crippen molar-refractivity contribution in [3.8, 4) is 11.5 Å². The summed E-state index contributed by atoms with van der Waals surface area (Å²) in [6, 6.07) is 20.1. The SMILES string of the molecule is COc1cc(OC)cc(C(=O)N2CCN(c3ccc(NC(=S)NC(=O)c4cccc(Br)c4)cc3)CC2)c1. The molecule has 1 saturated heterocycles. The second-order valence-corrected chi connectivity index (χ2v) is 9.67. The van der Waals surface area contributed by atoms with Crippen LogP contribution in [0.5, 0.6) is 11.5 Å². The minimum Gasteiger partial charge on any atom is -0.497 e. The molecule has 3 aromatic carbocycles. The molecule has 2 amide bonds. The molecule has 0 radical (unpaired) electrons. The van der Waals surface area contributed by atoms with E-state index in [4.69, 9.17) is 21.7 Å². The highest BCUT2D eigenvalue weighted by atomic mass is 79.9. The van der Waals surface area contributed by atoms with Crippen LogP contribution >= 0.6 is 28.1 Å². The predicted octanol–water partition coefficient (Wildman–Crippen LogP) is 4.56. The Labute approximate surface area is 229 Å². The van der Waals surface area contributed by atoms with Crippen LogP contribution in [-0.4, -0.2) is 62.2 Å². The van der Waals surface area contributed by atoms with Crippen molar-refractivity contribution in [2.45, 2.75) is 0 Å². The summed E-state index contributed by atoms with van der Waals surface area (Å²) < 4.78 is 11.4. The lowest BCUT2D eigenvalue weighted by atomic mass is 10.1. The number of piperazine rings is 1. The number of hydrogen-bond donors (Lipinski definition) is 2. The van der Waals surface area contributed by atoms with Crippen LogP contribution in [0.4, 0.5) is 11.4 Å². The summed E-state index contributed by atoms with van der Waals surface area (Å²) >= 11 is 8.65. The van der Waals surface area contributed by atoms with Gasteiger partial charge < -0.3 is 24.6 Å². The summed E-state index contributed by atoms with van der Waals surface area (Å²) in [5, 5.41) is 5.95. The summed E-state index contributed by atoms with van der Waals surface area (Å²) in [5.41, 5.74) is 2.87. The molecule has 0 spiro atoms. The van der Waals surface area contributed by atoms with Gasteiger partial charge >= 0.3 is 0 Å². The normalized spacial score (nSPS) is 13.1. The highest BCUT2D eigenvalue weighted by Gasteiger charge is 2.23. The smallest absolute Gasteiger partial charge is 0.257 e. The molecule has 1 aliphatic rings. The molecule has 0 aromatic heterocycles. The number of carbonyl (C=O) groups is 2. The van der Waals surface area contributed by atoms with E-state index in [1.807, 2.05) is 35.2 Å². The van der Waals surface area contributed by atoms with Crippen LogP contribution in [0.15, 0.2) is 71.2 Å². The van der Waals surface area contributed by atoms with Crippen LogP contribution in [0.25, 0.3) is 0 Å². The van der Waals surface area contributed by atoms with E-state index in [2.05, 4.69) is 31.5 Å². The Hall–Kier alpha value is -3.63. The van der Waals surface area contributed by atoms with Gasteiger partial charge in [0.15, 0.2) is 5.11 Å². The Bertz CT molecular complexity index is 1270. The maximum absolute atomic E-state index is 13.1. The van der Waals surface area contributed by atoms with Gasteiger partial charge in [-0.3, -0.25) is 14.9 Å². The van der Waals surface area contributed by atoms with Crippen molar-refractivity contribution in [3.05, 3.63) is 82.3 Å². The summed E-state index contributed by atoms with van der Waals surface area (Å²) in [6.07, 6.45) is 0. The Balaban J connectivity index is 1.30. The van der Waals surface area contributed by atoms with E-state index in [1.54, 1.807) is 50.6 Å². The molecule has 0 unspecified atom stereocenters. The first-order valence-electron chi connectivity index (χ1n) is 11.6. The number of amides is 2. The number of hydrogen-bond acceptors (Lipinski definition) is 6. The Kier molecular flexibility index (Phi) is 8.62. The number of benzene rings is 3.